The number of hydrogen-bond acceptors (Lipinski definition) is 4. The summed E-state index contributed by atoms with van der Waals surface area (Å²) in [4.78, 5) is 9.54. The van der Waals surface area contributed by atoms with Crippen molar-refractivity contribution in [1.29, 1.82) is 0 Å². The summed E-state index contributed by atoms with van der Waals surface area (Å²) in [5, 5.41) is 0. The molecule has 5 heteroatoms. The molecule has 0 amide bonds. The second kappa shape index (κ2) is 3.04. The van der Waals surface area contributed by atoms with Gasteiger partial charge in [0.1, 0.15) is 0 Å². The number of nitrogens with two attached hydrogens (primary N) is 1. The third-order valence-electron chi connectivity index (χ3n) is 0.252. The van der Waals surface area contributed by atoms with Gasteiger partial charge < -0.3 is 10.6 Å². The van der Waals surface area contributed by atoms with Gasteiger partial charge in [-0.25, -0.2) is 0 Å². The van der Waals surface area contributed by atoms with E-state index in [1.807, 2.05) is 0 Å². The van der Waals surface area contributed by atoms with Crippen LogP contribution < -0.4 is 10.6 Å². The Hall–Kier alpha value is -0.0200. The molecule has 4 nitrogen and oxygen atoms in total. The van der Waals surface area contributed by atoms with Crippen molar-refractivity contribution in [3.8, 4) is 0 Å². The van der Waals surface area contributed by atoms with E-state index in [0.717, 1.165) is 0 Å². The lowest BCUT2D eigenvalue weighted by Gasteiger charge is -1.92. The van der Waals surface area contributed by atoms with Crippen molar-refractivity contribution in [1.82, 2.24) is 0 Å². The van der Waals surface area contributed by atoms with Gasteiger partial charge in [0.2, 0.25) is 0 Å². The molecule has 0 aliphatic carbocycles. The van der Waals surface area contributed by atoms with Crippen molar-refractivity contribution in [3.63, 3.8) is 0 Å². The molecule has 0 aliphatic heterocycles. The first kappa shape index (κ1) is 6.98. The van der Waals surface area contributed by atoms with Crippen LogP contribution in [0.1, 0.15) is 6.92 Å². The van der Waals surface area contributed by atoms with E-state index in [2.05, 4.69) is 4.52 Å². The largest absolute Gasteiger partial charge is 0.566 e. The van der Waals surface area contributed by atoms with E-state index in [1.165, 1.54) is 6.92 Å². The molecule has 0 radical (unpaired) electrons. The predicted molar refractivity (Wildman–Crippen MR) is 22.3 cm³/mol. The van der Waals surface area contributed by atoms with Gasteiger partial charge in [0.15, 0.2) is 6.23 Å². The van der Waals surface area contributed by atoms with Crippen molar-refractivity contribution in [2.45, 2.75) is 13.2 Å². The standard InChI is InChI=1S/C2H6NO3P/c1-2(3)6-7(4)5/h2H,3H2,1H3. The van der Waals surface area contributed by atoms with E-state index < -0.39 is 14.5 Å². The Morgan fingerprint density at radius 3 is 2.43 bits per heavy atom. The molecule has 0 heterocycles. The molecule has 0 saturated carbocycles. The molecule has 42 valence electrons. The Bertz CT molecular complexity index is 73.3. The van der Waals surface area contributed by atoms with E-state index in [-0.39, 0.29) is 0 Å². The third kappa shape index (κ3) is 5.98. The molecule has 0 aromatic heterocycles. The van der Waals surface area contributed by atoms with E-state index in [1.54, 1.807) is 0 Å². The predicted octanol–water partition coefficient (Wildman–Crippen LogP) is -0.675. The summed E-state index contributed by atoms with van der Waals surface area (Å²) < 4.78 is 13.5. The molecule has 0 bridgehead atoms. The lowest BCUT2D eigenvalue weighted by Crippen LogP contribution is -2.16. The van der Waals surface area contributed by atoms with E-state index in [0.29, 0.717) is 0 Å². The summed E-state index contributed by atoms with van der Waals surface area (Å²) in [6.07, 6.45) is -0.721. The van der Waals surface area contributed by atoms with Gasteiger partial charge in [0, 0.05) is 0 Å². The fraction of sp³-hybridized carbons (Fsp3) is 1.00. The minimum atomic E-state index is -2.76. The minimum Gasteiger partial charge on any atom is -0.566 e. The smallest absolute Gasteiger partial charge is 0.490 e. The van der Waals surface area contributed by atoms with Gasteiger partial charge in [-0.15, -0.1) is 4.52 Å². The summed E-state index contributed by atoms with van der Waals surface area (Å²) in [6.45, 7) is 1.44. The maximum atomic E-state index is 9.54. The number of hydrogen-bond donors (Lipinski definition) is 1. The van der Waals surface area contributed by atoms with Crippen molar-refractivity contribution in [3.05, 3.63) is 0 Å². The first-order chi connectivity index (χ1) is 3.13. The number of rotatable bonds is 2. The van der Waals surface area contributed by atoms with Crippen LogP contribution in [0.3, 0.4) is 0 Å². The molecular weight excluding hydrogens is 117 g/mol. The lowest BCUT2D eigenvalue weighted by atomic mass is 10.7. The van der Waals surface area contributed by atoms with E-state index in [9.17, 15) is 9.46 Å². The summed E-state index contributed by atoms with van der Waals surface area (Å²) in [5.74, 6) is 0. The van der Waals surface area contributed by atoms with Crippen molar-refractivity contribution < 1.29 is 14.0 Å². The zero-order valence-electron chi connectivity index (χ0n) is 3.83. The van der Waals surface area contributed by atoms with Crippen molar-refractivity contribution in [2.75, 3.05) is 0 Å². The highest BCUT2D eigenvalue weighted by molar-refractivity contribution is 7.30. The molecule has 0 spiro atoms. The quantitative estimate of drug-likeness (QED) is 0.390. The SMILES string of the molecule is CC(N)O[P+](=O)[O-]. The van der Waals surface area contributed by atoms with Crippen LogP contribution in [0, 0.1) is 0 Å². The molecule has 0 aromatic carbocycles. The molecule has 2 unspecified atom stereocenters. The highest BCUT2D eigenvalue weighted by Gasteiger charge is 2.03. The molecule has 0 aromatic rings. The Kier molecular flexibility index (Phi) is 3.04. The molecule has 0 fully saturated rings. The van der Waals surface area contributed by atoms with Gasteiger partial charge in [0.25, 0.3) is 0 Å². The first-order valence-corrected chi connectivity index (χ1v) is 2.79. The first-order valence-electron chi connectivity index (χ1n) is 1.69. The summed E-state index contributed by atoms with van der Waals surface area (Å²) in [7, 11) is -2.76. The lowest BCUT2D eigenvalue weighted by molar-refractivity contribution is -0.188. The fourth-order valence-corrected chi connectivity index (χ4v) is 0.407. The maximum Gasteiger partial charge on any atom is 0.490 e. The average molecular weight is 123 g/mol. The Morgan fingerprint density at radius 1 is 2.00 bits per heavy atom. The summed E-state index contributed by atoms with van der Waals surface area (Å²) in [6, 6.07) is 0. The van der Waals surface area contributed by atoms with Crippen molar-refractivity contribution in [2.24, 2.45) is 5.73 Å². The zero-order chi connectivity index (χ0) is 5.86. The molecule has 0 rings (SSSR count). The van der Waals surface area contributed by atoms with Crippen LogP contribution in [-0.4, -0.2) is 6.23 Å². The van der Waals surface area contributed by atoms with Crippen LogP contribution in [0.4, 0.5) is 0 Å². The Morgan fingerprint density at radius 2 is 2.43 bits per heavy atom. The van der Waals surface area contributed by atoms with Gasteiger partial charge in [-0.1, -0.05) is 0 Å². The highest BCUT2D eigenvalue weighted by Crippen LogP contribution is 2.08. The maximum absolute atomic E-state index is 9.54. The van der Waals surface area contributed by atoms with Crippen LogP contribution in [0.2, 0.25) is 0 Å². The second-order valence-corrected chi connectivity index (χ2v) is 1.69. The molecule has 2 atom stereocenters. The summed E-state index contributed by atoms with van der Waals surface area (Å²) in [5.41, 5.74) is 4.89. The van der Waals surface area contributed by atoms with Gasteiger partial charge in [-0.05, 0) is 11.5 Å². The topological polar surface area (TPSA) is 75.4 Å². The fourth-order valence-electron chi connectivity index (χ4n) is 0.136. The van der Waals surface area contributed by atoms with Crippen LogP contribution in [0.15, 0.2) is 0 Å². The molecule has 7 heavy (non-hydrogen) atoms. The average Bonchev–Trinajstić information content (AvgIpc) is 1.27. The van der Waals surface area contributed by atoms with E-state index in [4.69, 9.17) is 5.73 Å². The van der Waals surface area contributed by atoms with Crippen LogP contribution >= 0.6 is 8.25 Å². The molecule has 2 N–H and O–H groups in total. The van der Waals surface area contributed by atoms with Gasteiger partial charge >= 0.3 is 8.25 Å². The van der Waals surface area contributed by atoms with Crippen molar-refractivity contribution >= 4 is 8.25 Å². The van der Waals surface area contributed by atoms with Crippen LogP contribution in [-0.2, 0) is 9.09 Å². The van der Waals surface area contributed by atoms with Gasteiger partial charge in [-0.3, -0.25) is 0 Å². The third-order valence-corrected chi connectivity index (χ3v) is 0.757. The van der Waals surface area contributed by atoms with Crippen LogP contribution in [0.5, 0.6) is 0 Å². The molecule has 0 saturated heterocycles. The van der Waals surface area contributed by atoms with Crippen LogP contribution in [0.25, 0.3) is 0 Å². The monoisotopic (exact) mass is 123 g/mol. The zero-order valence-corrected chi connectivity index (χ0v) is 4.72. The van der Waals surface area contributed by atoms with E-state index >= 15 is 0 Å². The minimum absolute atomic E-state index is 0.721. The normalized spacial score (nSPS) is 16.1. The molecule has 0 aliphatic rings. The Balaban J connectivity index is 3.13. The second-order valence-electron chi connectivity index (χ2n) is 1.03. The van der Waals surface area contributed by atoms with Gasteiger partial charge in [0.05, 0.1) is 0 Å². The van der Waals surface area contributed by atoms with Gasteiger partial charge in [-0.2, -0.15) is 0 Å². The molecular formula is C2H6NO3P. The highest BCUT2D eigenvalue weighted by atomic mass is 31.1. The summed E-state index contributed by atoms with van der Waals surface area (Å²) >= 11 is 0. The Labute approximate surface area is 42.2 Å².